The van der Waals surface area contributed by atoms with Gasteiger partial charge in [-0.3, -0.25) is 30.5 Å². The second kappa shape index (κ2) is 52.4. The van der Waals surface area contributed by atoms with E-state index in [-0.39, 0.29) is 44.2 Å². The number of ketones is 1. The normalized spacial score (nSPS) is 20.2. The first kappa shape index (κ1) is 116. The van der Waals surface area contributed by atoms with Crippen LogP contribution in [-0.4, -0.2) is 110 Å². The largest absolute Gasteiger partial charge is 0.358 e. The number of allylic oxidation sites excluding steroid dienone is 12. The van der Waals surface area contributed by atoms with Crippen LogP contribution in [-0.2, 0) is 91.2 Å². The van der Waals surface area contributed by atoms with E-state index in [1.165, 1.54) is 102 Å². The Hall–Kier alpha value is -14.1. The van der Waals surface area contributed by atoms with E-state index in [0.717, 1.165) is 85.0 Å². The molecule has 2 aliphatic carbocycles. The summed E-state index contributed by atoms with van der Waals surface area (Å²) >= 11 is 7.25. The summed E-state index contributed by atoms with van der Waals surface area (Å²) in [7, 11) is -23.1. The van der Waals surface area contributed by atoms with Crippen LogP contribution in [0.2, 0.25) is 0 Å². The van der Waals surface area contributed by atoms with E-state index < -0.39 is 66.1 Å². The number of aryl methyl sites for hydroxylation is 7. The van der Waals surface area contributed by atoms with Crippen molar-refractivity contribution >= 4 is 201 Å². The third kappa shape index (κ3) is 29.7. The van der Waals surface area contributed by atoms with Gasteiger partial charge in [0.1, 0.15) is 88.0 Å². The van der Waals surface area contributed by atoms with Gasteiger partial charge >= 0.3 is 60.7 Å². The topological polar surface area (TPSA) is 494 Å². The van der Waals surface area contributed by atoms with Gasteiger partial charge in [0, 0.05) is 39.9 Å². The summed E-state index contributed by atoms with van der Waals surface area (Å²) in [5, 5.41) is 92.5. The number of carbonyl (C=O) groups excluding carboxylic acids is 1. The highest BCUT2D eigenvalue weighted by Gasteiger charge is 2.66. The van der Waals surface area contributed by atoms with E-state index in [2.05, 4.69) is 75.9 Å². The molecule has 43 heteroatoms. The first-order chi connectivity index (χ1) is 71.4. The zero-order chi connectivity index (χ0) is 109. The molecule has 0 saturated heterocycles. The molecule has 8 aromatic carbocycles. The third-order valence-electron chi connectivity index (χ3n) is 23.7. The van der Waals surface area contributed by atoms with E-state index in [1.807, 2.05) is 208 Å². The second-order valence-electron chi connectivity index (χ2n) is 33.9. The van der Waals surface area contributed by atoms with Crippen molar-refractivity contribution in [3.63, 3.8) is 0 Å². The third-order valence-corrected chi connectivity index (χ3v) is 34.4. The molecule has 6 aliphatic heterocycles. The van der Waals surface area contributed by atoms with Gasteiger partial charge in [0.05, 0.1) is 56.6 Å². The summed E-state index contributed by atoms with van der Waals surface area (Å²) in [6, 6.07) is 72.2. The van der Waals surface area contributed by atoms with Crippen molar-refractivity contribution in [2.45, 2.75) is 112 Å². The number of rotatable bonds is 25. The van der Waals surface area contributed by atoms with E-state index in [0.29, 0.717) is 116 Å². The van der Waals surface area contributed by atoms with Gasteiger partial charge in [0.25, 0.3) is 0 Å². The van der Waals surface area contributed by atoms with Crippen LogP contribution in [0.1, 0.15) is 126 Å². The molecule has 8 aliphatic rings. The zero-order valence-corrected chi connectivity index (χ0v) is 92.3. The number of thioether (sulfide) groups is 6. The SMILES string of the molecule is CCCS(=O)(=O)ON=C1SC=C/C1=C(\C#N)c1ccccc1C.CCS(=O)(=O)ON=C1SC=C/C1=C(\C#N)c1ccccc1C.Cc1ccc(S(=O)(=O)ON=C2SC=C/C2=C(\C#N)c2ccccc2C)cc1.Cc1ccccc1/C(C#N)=C1/C=CSC1=NOS(=O)(=O)CC12CCC(CC1=O)C2(C)C.Cc1ccccc1/C(C#N)=C1/C=CSC1=NOS(=O)(=O)c1ccccc1.Cc1ccccc1/C(C#N)=C1/C=CSC1=NOS(C)(=O)=O. The number of nitriles is 6. The lowest BCUT2D eigenvalue weighted by Crippen LogP contribution is -2.42. The molecule has 2 fully saturated rings. The molecule has 2 unspecified atom stereocenters. The van der Waals surface area contributed by atoms with Crippen LogP contribution < -0.4 is 0 Å². The average Bonchev–Trinajstić information content (AvgIpc) is 1.54. The molecule has 2 saturated carbocycles. The number of hydrogen-bond acceptors (Lipinski definition) is 37. The van der Waals surface area contributed by atoms with Gasteiger partial charge in [-0.25, -0.2) is 0 Å². The molecule has 0 N–H and O–H groups in total. The smallest absolute Gasteiger partial charge is 0.299 e. The minimum absolute atomic E-state index is 0.0115. The summed E-state index contributed by atoms with van der Waals surface area (Å²) in [5.74, 6) is -0.386. The molecule has 6 heterocycles. The number of carbonyl (C=O) groups is 1. The van der Waals surface area contributed by atoms with Crippen LogP contribution in [0, 0.1) is 133 Å². The summed E-state index contributed by atoms with van der Waals surface area (Å²) in [6.45, 7) is 20.5. The van der Waals surface area contributed by atoms with Crippen LogP contribution in [0.4, 0.5) is 0 Å². The molecule has 0 amide bonds. The molecule has 0 spiro atoms. The minimum atomic E-state index is -4.08. The Morgan fingerprint density at radius 3 is 0.840 bits per heavy atom. The Balaban J connectivity index is 0.000000172. The van der Waals surface area contributed by atoms with Crippen molar-refractivity contribution in [1.29, 1.82) is 31.6 Å². The molecule has 0 radical (unpaired) electrons. The quantitative estimate of drug-likeness (QED) is 0.0379. The Morgan fingerprint density at radius 2 is 0.593 bits per heavy atom. The maximum absolute atomic E-state index is 12.8. The number of nitrogens with zero attached hydrogens (tertiary/aromatic N) is 12. The van der Waals surface area contributed by atoms with Crippen molar-refractivity contribution in [2.24, 2.45) is 47.7 Å². The molecule has 2 atom stereocenters. The Bertz CT molecular complexity index is 8280. The minimum Gasteiger partial charge on any atom is -0.299 e. The lowest BCUT2D eigenvalue weighted by Gasteiger charge is -2.35. The zero-order valence-electron chi connectivity index (χ0n) is 82.5. The lowest BCUT2D eigenvalue weighted by atomic mass is 9.70. The van der Waals surface area contributed by atoms with Crippen molar-refractivity contribution in [1.82, 2.24) is 0 Å². The fraction of sp³-hybridized carbons (Fsp3) is 0.206. The molecule has 31 nitrogen and oxygen atoms in total. The van der Waals surface area contributed by atoms with Gasteiger partial charge in [-0.05, 0) is 246 Å². The van der Waals surface area contributed by atoms with E-state index >= 15 is 0 Å². The van der Waals surface area contributed by atoms with E-state index in [9.17, 15) is 86.9 Å². The van der Waals surface area contributed by atoms with Gasteiger partial charge in [0.15, 0.2) is 0 Å². The first-order valence-corrected chi connectivity index (χ1v) is 60.0. The highest BCUT2D eigenvalue weighted by molar-refractivity contribution is 8.19. The summed E-state index contributed by atoms with van der Waals surface area (Å²) in [4.78, 5) is 12.7. The van der Waals surface area contributed by atoms with Crippen LogP contribution in [0.15, 0.2) is 343 Å². The molecule has 770 valence electrons. The van der Waals surface area contributed by atoms with Crippen LogP contribution in [0.25, 0.3) is 33.4 Å². The van der Waals surface area contributed by atoms with Crippen molar-refractivity contribution in [2.75, 3.05) is 23.5 Å². The predicted octanol–water partition coefficient (Wildman–Crippen LogP) is 23.0. The Kier molecular flexibility index (Phi) is 40.5. The number of hydrogen-bond donors (Lipinski definition) is 0. The van der Waals surface area contributed by atoms with Crippen LogP contribution >= 0.6 is 70.6 Å². The van der Waals surface area contributed by atoms with Crippen LogP contribution in [0.5, 0.6) is 0 Å². The molecule has 8 aromatic rings. The molecular formula is C107H96N12O19S12. The highest BCUT2D eigenvalue weighted by atomic mass is 32.2. The molecule has 150 heavy (non-hydrogen) atoms. The fourth-order valence-corrected chi connectivity index (χ4v) is 24.6. The molecule has 16 rings (SSSR count). The van der Waals surface area contributed by atoms with Crippen LogP contribution in [0.3, 0.4) is 0 Å². The Labute approximate surface area is 899 Å². The van der Waals surface area contributed by atoms with Crippen molar-refractivity contribution < 1.29 is 81.0 Å². The standard InChI is InChI=1S/C23H24N2O4S2.C20H16N2O3S2.C19H14N2O3S2.C16H16N2O3S2.C15H14N2O3S2.C14H12N2O3S2/c1-15-6-4-5-7-17(15)19(13-24)18-9-11-30-21(18)25-29-31(27,28)14-23-10-8-16(12-20(23)26)22(23,2)3;1-14-7-9-16(10-8-14)27(23,24)25-22-20-18(11-12-26-20)19(13-21)17-6-4-3-5-15(17)2;1-14-7-5-6-10-16(14)18(13-20)17-11-12-25-19(17)21-24-26(22,23)15-8-3-2-4-9-15;1-3-10-23(19,20)21-18-16-14(8-9-22-16)15(11-17)13-7-5-4-6-12(13)2;1-3-22(18,19)20-17-15-13(8-9-21-15)14(10-16)12-7-5-4-6-11(12)2;1-10-5-3-4-6-11(10)13(9-15)12-7-8-20-14(12)16-19-21(2,17)18/h4-7,9,11,16H,8,10,12,14H2,1-3H3;3-12H,1-2H3;2-12H,1H3;4-9H,3,10H2,1-2H3;4-9H,3H2,1-2H3;3-8H,1-2H3/b19-18-,25-21?;19-18-,22-20?;18-17-,21-19?;15-14-,18-16?;14-13-,17-15?;13-12-,16-14?. The van der Waals surface area contributed by atoms with E-state index in [1.54, 1.807) is 106 Å². The molecule has 2 bridgehead atoms. The van der Waals surface area contributed by atoms with Gasteiger partial charge in [-0.15, -0.1) is 0 Å². The van der Waals surface area contributed by atoms with Gasteiger partial charge in [0.2, 0.25) is 0 Å². The average molecular weight is 2240 g/mol. The maximum Gasteiger partial charge on any atom is 0.358 e. The first-order valence-electron chi connectivity index (χ1n) is 45.3. The number of benzene rings is 8. The summed E-state index contributed by atoms with van der Waals surface area (Å²) in [5.41, 5.74) is 15.9. The van der Waals surface area contributed by atoms with Gasteiger partial charge in [-0.1, -0.05) is 304 Å². The molecular weight excluding hydrogens is 2140 g/mol. The number of Topliss-reactive ketones (excluding diaryl/α,β-unsaturated/α-hetero) is 1. The van der Waals surface area contributed by atoms with E-state index in [4.69, 9.17) is 17.1 Å². The summed E-state index contributed by atoms with van der Waals surface area (Å²) in [6.07, 6.45) is 13.6. The number of fused-ring (bicyclic) bond motifs is 2. The molecule has 0 aromatic heterocycles. The van der Waals surface area contributed by atoms with Gasteiger partial charge in [-0.2, -0.15) is 82.1 Å². The van der Waals surface area contributed by atoms with Crippen molar-refractivity contribution in [3.05, 3.63) is 375 Å². The Morgan fingerprint density at radius 1 is 0.340 bits per heavy atom. The van der Waals surface area contributed by atoms with Gasteiger partial charge < -0.3 is 0 Å². The highest BCUT2D eigenvalue weighted by Crippen LogP contribution is 2.64. The van der Waals surface area contributed by atoms with Crippen molar-refractivity contribution in [3.8, 4) is 36.4 Å². The predicted molar refractivity (Wildman–Crippen MR) is 597 cm³/mol. The fourth-order valence-electron chi connectivity index (χ4n) is 15.8. The summed E-state index contributed by atoms with van der Waals surface area (Å²) < 4.78 is 171. The maximum atomic E-state index is 12.8. The monoisotopic (exact) mass is 2240 g/mol. The second-order valence-corrected chi connectivity index (χ2v) is 48.9. The lowest BCUT2D eigenvalue weighted by molar-refractivity contribution is -0.128. The number of oxime groups is 6.